The maximum absolute atomic E-state index is 11.4. The molecule has 110 valence electrons. The van der Waals surface area contributed by atoms with E-state index in [0.717, 1.165) is 13.0 Å². The van der Waals surface area contributed by atoms with E-state index in [0.29, 0.717) is 31.1 Å². The Balaban J connectivity index is 2.38. The molecule has 6 nitrogen and oxygen atoms in total. The van der Waals surface area contributed by atoms with Gasteiger partial charge in [-0.1, -0.05) is 6.07 Å². The number of ether oxygens (including phenoxy) is 1. The molecule has 0 saturated carbocycles. The number of hydrogen-bond donors (Lipinski definition) is 1. The molecule has 1 aromatic carbocycles. The predicted octanol–water partition coefficient (Wildman–Crippen LogP) is 2.64. The molecule has 1 heterocycles. The van der Waals surface area contributed by atoms with Crippen molar-refractivity contribution >= 4 is 17.1 Å². The number of rotatable bonds is 4. The lowest BCUT2D eigenvalue weighted by molar-refractivity contribution is -0.383. The highest BCUT2D eigenvalue weighted by Gasteiger charge is 2.25. The number of para-hydroxylation sites is 1. The number of nitrogens with zero attached hydrogens (tertiary/aromatic N) is 2. The third-order valence-electron chi connectivity index (χ3n) is 3.36. The third-order valence-corrected chi connectivity index (χ3v) is 3.36. The van der Waals surface area contributed by atoms with E-state index >= 15 is 0 Å². The zero-order valence-electron chi connectivity index (χ0n) is 12.0. The fourth-order valence-corrected chi connectivity index (χ4v) is 2.52. The van der Waals surface area contributed by atoms with E-state index in [4.69, 9.17) is 4.74 Å². The topological polar surface area (TPSA) is 67.6 Å². The number of benzene rings is 1. The third kappa shape index (κ3) is 3.19. The largest absolute Gasteiger partial charge is 0.380 e. The normalized spacial score (nSPS) is 19.5. The second-order valence-corrected chi connectivity index (χ2v) is 4.94. The summed E-state index contributed by atoms with van der Waals surface area (Å²) in [7, 11) is 0. The van der Waals surface area contributed by atoms with Crippen LogP contribution in [0.5, 0.6) is 0 Å². The Morgan fingerprint density at radius 2 is 2.35 bits per heavy atom. The molecule has 0 aliphatic carbocycles. The summed E-state index contributed by atoms with van der Waals surface area (Å²) in [5.41, 5.74) is 1.40. The second kappa shape index (κ2) is 6.56. The van der Waals surface area contributed by atoms with Crippen molar-refractivity contribution in [2.45, 2.75) is 26.4 Å². The Kier molecular flexibility index (Phi) is 4.79. The van der Waals surface area contributed by atoms with Crippen LogP contribution >= 0.6 is 0 Å². The Hall–Kier alpha value is -1.82. The van der Waals surface area contributed by atoms with Gasteiger partial charge >= 0.3 is 5.69 Å². The lowest BCUT2D eigenvalue weighted by Gasteiger charge is -2.24. The minimum absolute atomic E-state index is 0.0832. The van der Waals surface area contributed by atoms with Crippen molar-refractivity contribution in [2.24, 2.45) is 0 Å². The van der Waals surface area contributed by atoms with E-state index in [1.807, 2.05) is 26.0 Å². The van der Waals surface area contributed by atoms with E-state index in [9.17, 15) is 10.1 Å². The fourth-order valence-electron chi connectivity index (χ4n) is 2.52. The van der Waals surface area contributed by atoms with Crippen LogP contribution in [0.4, 0.5) is 17.1 Å². The summed E-state index contributed by atoms with van der Waals surface area (Å²) in [5.74, 6) is 0. The van der Waals surface area contributed by atoms with Crippen LogP contribution in [0.2, 0.25) is 0 Å². The average molecular weight is 279 g/mol. The first-order valence-corrected chi connectivity index (χ1v) is 7.01. The number of nitrogens with one attached hydrogen (secondary N) is 1. The molecular formula is C14H21N3O3. The number of nitro groups is 1. The standard InChI is InChI=1S/C14H21N3O3/c1-3-15-12-6-4-7-13(14(12)17(18)19)16-8-5-9-20-11(2)10-16/h4,6-7,11,15H,3,5,8-10H2,1-2H3. The molecule has 0 aromatic heterocycles. The zero-order valence-corrected chi connectivity index (χ0v) is 12.0. The van der Waals surface area contributed by atoms with Crippen LogP contribution in [0.25, 0.3) is 0 Å². The quantitative estimate of drug-likeness (QED) is 0.678. The maximum atomic E-state index is 11.4. The van der Waals surface area contributed by atoms with Crippen molar-refractivity contribution < 1.29 is 9.66 Å². The SMILES string of the molecule is CCNc1cccc(N2CCCOC(C)C2)c1[N+](=O)[O-]. The Morgan fingerprint density at radius 3 is 3.05 bits per heavy atom. The van der Waals surface area contributed by atoms with Gasteiger partial charge < -0.3 is 15.0 Å². The molecule has 1 N–H and O–H groups in total. The van der Waals surface area contributed by atoms with Gasteiger partial charge in [-0.2, -0.15) is 0 Å². The van der Waals surface area contributed by atoms with Crippen molar-refractivity contribution in [3.63, 3.8) is 0 Å². The van der Waals surface area contributed by atoms with Crippen molar-refractivity contribution in [1.29, 1.82) is 0 Å². The minimum Gasteiger partial charge on any atom is -0.380 e. The summed E-state index contributed by atoms with van der Waals surface area (Å²) in [6.45, 7) is 6.75. The summed E-state index contributed by atoms with van der Waals surface area (Å²) in [4.78, 5) is 13.2. The first-order chi connectivity index (χ1) is 9.63. The molecule has 0 bridgehead atoms. The van der Waals surface area contributed by atoms with Gasteiger partial charge in [0.15, 0.2) is 0 Å². The van der Waals surface area contributed by atoms with Crippen molar-refractivity contribution in [3.05, 3.63) is 28.3 Å². The molecule has 0 radical (unpaired) electrons. The molecule has 1 aliphatic rings. The Labute approximate surface area is 118 Å². The van der Waals surface area contributed by atoms with Gasteiger partial charge in [0.25, 0.3) is 0 Å². The van der Waals surface area contributed by atoms with E-state index < -0.39 is 0 Å². The first-order valence-electron chi connectivity index (χ1n) is 7.01. The Morgan fingerprint density at radius 1 is 1.55 bits per heavy atom. The maximum Gasteiger partial charge on any atom is 0.315 e. The van der Waals surface area contributed by atoms with Gasteiger partial charge in [-0.3, -0.25) is 10.1 Å². The van der Waals surface area contributed by atoms with E-state index in [1.54, 1.807) is 6.07 Å². The highest BCUT2D eigenvalue weighted by Crippen LogP contribution is 2.36. The molecule has 1 atom stereocenters. The molecule has 1 aliphatic heterocycles. The van der Waals surface area contributed by atoms with Crippen LogP contribution < -0.4 is 10.2 Å². The number of anilines is 2. The van der Waals surface area contributed by atoms with Gasteiger partial charge in [0.1, 0.15) is 11.4 Å². The molecule has 1 fully saturated rings. The van der Waals surface area contributed by atoms with Gasteiger partial charge in [0.2, 0.25) is 0 Å². The second-order valence-electron chi connectivity index (χ2n) is 4.94. The number of nitro benzene ring substituents is 1. The molecule has 6 heteroatoms. The molecule has 0 amide bonds. The summed E-state index contributed by atoms with van der Waals surface area (Å²) in [5, 5.41) is 14.5. The lowest BCUT2D eigenvalue weighted by Crippen LogP contribution is -2.30. The van der Waals surface area contributed by atoms with Crippen molar-refractivity contribution in [2.75, 3.05) is 36.5 Å². The van der Waals surface area contributed by atoms with E-state index in [1.165, 1.54) is 0 Å². The van der Waals surface area contributed by atoms with Crippen molar-refractivity contribution in [1.82, 2.24) is 0 Å². The summed E-state index contributed by atoms with van der Waals surface area (Å²) < 4.78 is 5.61. The van der Waals surface area contributed by atoms with Gasteiger partial charge in [-0.05, 0) is 32.4 Å². The molecule has 20 heavy (non-hydrogen) atoms. The Bertz CT molecular complexity index is 479. The van der Waals surface area contributed by atoms with Crippen LogP contribution in [0.1, 0.15) is 20.3 Å². The van der Waals surface area contributed by atoms with Crippen LogP contribution in [0.3, 0.4) is 0 Å². The molecule has 1 unspecified atom stereocenters. The lowest BCUT2D eigenvalue weighted by atomic mass is 10.2. The minimum atomic E-state index is -0.302. The summed E-state index contributed by atoms with van der Waals surface area (Å²) in [6, 6.07) is 5.43. The monoisotopic (exact) mass is 279 g/mol. The van der Waals surface area contributed by atoms with Crippen molar-refractivity contribution in [3.8, 4) is 0 Å². The molecular weight excluding hydrogens is 258 g/mol. The average Bonchev–Trinajstić information content (AvgIpc) is 2.63. The van der Waals surface area contributed by atoms with E-state index in [-0.39, 0.29) is 16.7 Å². The fraction of sp³-hybridized carbons (Fsp3) is 0.571. The van der Waals surface area contributed by atoms with Crippen LogP contribution in [-0.4, -0.2) is 37.3 Å². The predicted molar refractivity (Wildman–Crippen MR) is 79.5 cm³/mol. The highest BCUT2D eigenvalue weighted by atomic mass is 16.6. The van der Waals surface area contributed by atoms with E-state index in [2.05, 4.69) is 10.2 Å². The number of hydrogen-bond acceptors (Lipinski definition) is 5. The van der Waals surface area contributed by atoms with Gasteiger partial charge in [0.05, 0.1) is 11.0 Å². The molecule has 1 saturated heterocycles. The highest BCUT2D eigenvalue weighted by molar-refractivity contribution is 5.77. The van der Waals surface area contributed by atoms with Gasteiger partial charge in [0, 0.05) is 26.2 Å². The van der Waals surface area contributed by atoms with Crippen LogP contribution in [-0.2, 0) is 4.74 Å². The molecule has 1 aromatic rings. The van der Waals surface area contributed by atoms with Gasteiger partial charge in [-0.15, -0.1) is 0 Å². The summed E-state index contributed by atoms with van der Waals surface area (Å²) >= 11 is 0. The molecule has 2 rings (SSSR count). The zero-order chi connectivity index (χ0) is 14.5. The van der Waals surface area contributed by atoms with Gasteiger partial charge in [-0.25, -0.2) is 0 Å². The smallest absolute Gasteiger partial charge is 0.315 e. The van der Waals surface area contributed by atoms with Crippen LogP contribution in [0, 0.1) is 10.1 Å². The molecule has 0 spiro atoms. The first kappa shape index (κ1) is 14.6. The van der Waals surface area contributed by atoms with Crippen LogP contribution in [0.15, 0.2) is 18.2 Å². The summed E-state index contributed by atoms with van der Waals surface area (Å²) in [6.07, 6.45) is 0.965.